The third-order valence-electron chi connectivity index (χ3n) is 1.53. The molecule has 0 spiro atoms. The molecule has 2 heterocycles. The molecule has 0 unspecified atom stereocenters. The van der Waals surface area contributed by atoms with Crippen molar-refractivity contribution >= 4 is 11.0 Å². The zero-order valence-corrected chi connectivity index (χ0v) is 6.90. The van der Waals surface area contributed by atoms with E-state index in [1.807, 2.05) is 0 Å². The van der Waals surface area contributed by atoms with E-state index < -0.39 is 0 Å². The summed E-state index contributed by atoms with van der Waals surface area (Å²) >= 11 is 0. The quantitative estimate of drug-likeness (QED) is 0.583. The van der Waals surface area contributed by atoms with Gasteiger partial charge in [0.1, 0.15) is 11.3 Å². The lowest BCUT2D eigenvalue weighted by atomic mass is 10.3. The van der Waals surface area contributed by atoms with Gasteiger partial charge in [0.15, 0.2) is 5.52 Å². The van der Waals surface area contributed by atoms with Crippen LogP contribution < -0.4 is 0 Å². The normalized spacial score (nSPS) is 13.5. The molecule has 0 aliphatic carbocycles. The zero-order chi connectivity index (χ0) is 9.10. The highest BCUT2D eigenvalue weighted by Gasteiger charge is 2.00. The zero-order valence-electron chi connectivity index (χ0n) is 6.90. The van der Waals surface area contributed by atoms with Crippen molar-refractivity contribution in [3.8, 4) is 5.75 Å². The number of nitrogens with zero attached hydrogens (tertiary/aromatic N) is 2. The van der Waals surface area contributed by atoms with Gasteiger partial charge in [0.25, 0.3) is 0 Å². The Kier molecular flexibility index (Phi) is 2.09. The molecule has 0 amide bonds. The number of ether oxygens (including phenoxy) is 1. The Morgan fingerprint density at radius 3 is 2.69 bits per heavy atom. The summed E-state index contributed by atoms with van der Waals surface area (Å²) < 4.78 is 4.50. The highest BCUT2D eigenvalue weighted by atomic mass is 16.6. The van der Waals surface area contributed by atoms with Crippen LogP contribution in [0, 0.1) is 0 Å². The minimum absolute atomic E-state index is 0.159. The van der Waals surface area contributed by atoms with Gasteiger partial charge in [-0.05, 0) is 12.1 Å². The summed E-state index contributed by atoms with van der Waals surface area (Å²) in [5, 5.41) is 19.1. The fraction of sp³-hybridized carbons (Fsp3) is 0.250. The summed E-state index contributed by atoms with van der Waals surface area (Å²) in [6.45, 7) is 2.00. The molecule has 0 saturated carbocycles. The number of nitrogens with one attached hydrogen (secondary N) is 1. The van der Waals surface area contributed by atoms with Crippen molar-refractivity contribution < 1.29 is 9.84 Å². The van der Waals surface area contributed by atoms with E-state index in [2.05, 4.69) is 20.1 Å². The number of fused-ring (bicyclic) bond motifs is 1. The molecule has 1 aromatic heterocycles. The second-order valence-electron chi connectivity index (χ2n) is 2.58. The number of para-hydroxylation sites is 1. The van der Waals surface area contributed by atoms with Gasteiger partial charge in [-0.1, -0.05) is 6.07 Å². The van der Waals surface area contributed by atoms with Crippen LogP contribution in [0.3, 0.4) is 0 Å². The second-order valence-corrected chi connectivity index (χ2v) is 2.58. The van der Waals surface area contributed by atoms with E-state index in [0.717, 1.165) is 13.2 Å². The summed E-state index contributed by atoms with van der Waals surface area (Å²) in [6, 6.07) is 5.07. The van der Waals surface area contributed by atoms with Gasteiger partial charge in [-0.2, -0.15) is 15.4 Å². The van der Waals surface area contributed by atoms with Gasteiger partial charge in [0.2, 0.25) is 0 Å². The average Bonchev–Trinajstić information content (AvgIpc) is 2.93. The number of aromatic amines is 1. The number of epoxide rings is 1. The highest BCUT2D eigenvalue weighted by Crippen LogP contribution is 2.18. The van der Waals surface area contributed by atoms with Crippen molar-refractivity contribution in [2.75, 3.05) is 13.2 Å². The van der Waals surface area contributed by atoms with Gasteiger partial charge in [-0.15, -0.1) is 0 Å². The van der Waals surface area contributed by atoms with Gasteiger partial charge in [0.05, 0.1) is 13.2 Å². The lowest BCUT2D eigenvalue weighted by Gasteiger charge is -1.87. The number of H-pyrrole nitrogens is 1. The van der Waals surface area contributed by atoms with E-state index in [1.165, 1.54) is 0 Å². The van der Waals surface area contributed by atoms with Crippen LogP contribution in [0.2, 0.25) is 0 Å². The van der Waals surface area contributed by atoms with Crippen LogP contribution in [0.25, 0.3) is 11.0 Å². The number of rotatable bonds is 0. The van der Waals surface area contributed by atoms with Gasteiger partial charge in [0, 0.05) is 0 Å². The van der Waals surface area contributed by atoms with Gasteiger partial charge < -0.3 is 9.84 Å². The van der Waals surface area contributed by atoms with Gasteiger partial charge >= 0.3 is 0 Å². The van der Waals surface area contributed by atoms with E-state index >= 15 is 0 Å². The number of phenolic OH excluding ortho intramolecular Hbond substituents is 1. The molecule has 1 aliphatic heterocycles. The van der Waals surface area contributed by atoms with Crippen LogP contribution in [0.1, 0.15) is 0 Å². The largest absolute Gasteiger partial charge is 0.506 e. The van der Waals surface area contributed by atoms with Crippen LogP contribution in [-0.4, -0.2) is 33.7 Å². The molecule has 5 nitrogen and oxygen atoms in total. The third-order valence-corrected chi connectivity index (χ3v) is 1.53. The van der Waals surface area contributed by atoms with Crippen LogP contribution in [0.15, 0.2) is 18.2 Å². The first-order valence-electron chi connectivity index (χ1n) is 3.94. The molecular weight excluding hydrogens is 170 g/mol. The summed E-state index contributed by atoms with van der Waals surface area (Å²) in [4.78, 5) is 0. The number of aromatic nitrogens is 3. The first kappa shape index (κ1) is 8.00. The fourth-order valence-electron chi connectivity index (χ4n) is 0.853. The summed E-state index contributed by atoms with van der Waals surface area (Å²) in [6.07, 6.45) is 0. The second kappa shape index (κ2) is 3.40. The molecule has 3 rings (SSSR count). The van der Waals surface area contributed by atoms with Crippen LogP contribution in [-0.2, 0) is 4.74 Å². The number of benzene rings is 1. The highest BCUT2D eigenvalue weighted by molar-refractivity contribution is 5.79. The fourth-order valence-corrected chi connectivity index (χ4v) is 0.853. The Morgan fingerprint density at radius 2 is 2.08 bits per heavy atom. The molecule has 13 heavy (non-hydrogen) atoms. The molecule has 5 heteroatoms. The molecule has 0 bridgehead atoms. The maximum absolute atomic E-state index is 9.14. The topological polar surface area (TPSA) is 74.3 Å². The number of aromatic hydroxyl groups is 1. The van der Waals surface area contributed by atoms with Crippen LogP contribution in [0.4, 0.5) is 0 Å². The van der Waals surface area contributed by atoms with E-state index in [4.69, 9.17) is 5.11 Å². The molecule has 1 aliphatic rings. The molecule has 2 aromatic rings. The van der Waals surface area contributed by atoms with E-state index in [0.29, 0.717) is 11.0 Å². The summed E-state index contributed by atoms with van der Waals surface area (Å²) in [7, 11) is 0. The number of hydrogen-bond acceptors (Lipinski definition) is 4. The van der Waals surface area contributed by atoms with Gasteiger partial charge in [-0.25, -0.2) is 0 Å². The Labute approximate surface area is 74.3 Å². The smallest absolute Gasteiger partial charge is 0.154 e. The Hall–Kier alpha value is -1.62. The Morgan fingerprint density at radius 1 is 1.31 bits per heavy atom. The van der Waals surface area contributed by atoms with Gasteiger partial charge in [-0.3, -0.25) is 0 Å². The average molecular weight is 179 g/mol. The monoisotopic (exact) mass is 179 g/mol. The molecule has 1 saturated heterocycles. The van der Waals surface area contributed by atoms with Crippen molar-refractivity contribution in [3.05, 3.63) is 18.2 Å². The standard InChI is InChI=1S/C6H5N3O.C2H4O/c10-5-3-1-2-4-6(5)8-9-7-4;1-2-3-1/h1-3,10H,(H,7,8,9);1-2H2. The summed E-state index contributed by atoms with van der Waals surface area (Å²) in [5.74, 6) is 0.159. The predicted octanol–water partition coefficient (Wildman–Crippen LogP) is 0.680. The molecule has 2 N–H and O–H groups in total. The minimum atomic E-state index is 0.159. The summed E-state index contributed by atoms with van der Waals surface area (Å²) in [5.41, 5.74) is 1.20. The first-order chi connectivity index (χ1) is 6.38. The SMILES string of the molecule is C1CO1.Oc1cccc2n[nH]nc12. The molecule has 68 valence electrons. The van der Waals surface area contributed by atoms with Crippen LogP contribution >= 0.6 is 0 Å². The first-order valence-corrected chi connectivity index (χ1v) is 3.94. The maximum Gasteiger partial charge on any atom is 0.154 e. The molecular formula is C8H9N3O2. The van der Waals surface area contributed by atoms with E-state index in [1.54, 1.807) is 18.2 Å². The van der Waals surface area contributed by atoms with Crippen molar-refractivity contribution in [1.82, 2.24) is 15.4 Å². The molecule has 0 atom stereocenters. The lowest BCUT2D eigenvalue weighted by molar-refractivity contribution is 0.475. The minimum Gasteiger partial charge on any atom is -0.506 e. The van der Waals surface area contributed by atoms with Crippen molar-refractivity contribution in [2.24, 2.45) is 0 Å². The van der Waals surface area contributed by atoms with E-state index in [-0.39, 0.29) is 5.75 Å². The Bertz CT molecular complexity index is 394. The van der Waals surface area contributed by atoms with Crippen molar-refractivity contribution in [1.29, 1.82) is 0 Å². The number of hydrogen-bond donors (Lipinski definition) is 2. The number of phenols is 1. The lowest BCUT2D eigenvalue weighted by Crippen LogP contribution is -1.68. The van der Waals surface area contributed by atoms with Crippen molar-refractivity contribution in [3.63, 3.8) is 0 Å². The molecule has 1 fully saturated rings. The Balaban J connectivity index is 0.000000185. The third kappa shape index (κ3) is 1.94. The van der Waals surface area contributed by atoms with E-state index in [9.17, 15) is 0 Å². The van der Waals surface area contributed by atoms with Crippen molar-refractivity contribution in [2.45, 2.75) is 0 Å². The molecule has 0 radical (unpaired) electrons. The maximum atomic E-state index is 9.14. The predicted molar refractivity (Wildman–Crippen MR) is 46.4 cm³/mol. The molecule has 1 aromatic carbocycles. The van der Waals surface area contributed by atoms with Crippen LogP contribution in [0.5, 0.6) is 5.75 Å².